The van der Waals surface area contributed by atoms with Crippen LogP contribution in [0.2, 0.25) is 0 Å². The van der Waals surface area contributed by atoms with Crippen LogP contribution in [0.25, 0.3) is 0 Å². The zero-order valence-corrected chi connectivity index (χ0v) is 19.4. The summed E-state index contributed by atoms with van der Waals surface area (Å²) < 4.78 is 11.5. The molecule has 1 atom stereocenters. The molecule has 0 spiro atoms. The minimum absolute atomic E-state index is 0.0394. The van der Waals surface area contributed by atoms with Crippen LogP contribution in [0.1, 0.15) is 43.7 Å². The number of nitrogens with one attached hydrogen (secondary N) is 1. The number of rotatable bonds is 7. The number of aryl methyl sites for hydroxylation is 1. The zero-order chi connectivity index (χ0) is 22.4. The molecule has 4 rings (SSSR count). The van der Waals surface area contributed by atoms with E-state index in [1.807, 2.05) is 24.3 Å². The van der Waals surface area contributed by atoms with E-state index in [0.717, 1.165) is 29.5 Å². The van der Waals surface area contributed by atoms with Crippen molar-refractivity contribution in [3.63, 3.8) is 0 Å². The quantitative estimate of drug-likeness (QED) is 0.678. The summed E-state index contributed by atoms with van der Waals surface area (Å²) in [7, 11) is 0. The van der Waals surface area contributed by atoms with E-state index in [4.69, 9.17) is 9.47 Å². The van der Waals surface area contributed by atoms with Crippen LogP contribution in [0, 0.1) is 12.8 Å². The Hall–Kier alpha value is -2.37. The van der Waals surface area contributed by atoms with Crippen molar-refractivity contribution in [2.45, 2.75) is 44.9 Å². The number of amides is 1. The van der Waals surface area contributed by atoms with Gasteiger partial charge in [-0.2, -0.15) is 0 Å². The minimum Gasteiger partial charge on any atom is -0.492 e. The van der Waals surface area contributed by atoms with Crippen molar-refractivity contribution in [2.24, 2.45) is 5.92 Å². The van der Waals surface area contributed by atoms with Crippen molar-refractivity contribution in [3.8, 4) is 5.75 Å². The van der Waals surface area contributed by atoms with E-state index in [1.54, 1.807) is 0 Å². The summed E-state index contributed by atoms with van der Waals surface area (Å²) in [5.41, 5.74) is 2.51. The Balaban J connectivity index is 1.35. The monoisotopic (exact) mass is 436 g/mol. The molecule has 32 heavy (non-hydrogen) atoms. The summed E-state index contributed by atoms with van der Waals surface area (Å²) in [5, 5.41) is 3.15. The molecular formula is C27H36N2O3. The molecule has 2 saturated heterocycles. The Morgan fingerprint density at radius 3 is 2.53 bits per heavy atom. The number of piperidine rings is 1. The molecule has 2 heterocycles. The number of nitrogens with zero attached hydrogens (tertiary/aromatic N) is 1. The van der Waals surface area contributed by atoms with Gasteiger partial charge in [0.25, 0.3) is 0 Å². The molecule has 1 N–H and O–H groups in total. The lowest BCUT2D eigenvalue weighted by Gasteiger charge is -2.36. The van der Waals surface area contributed by atoms with Gasteiger partial charge in [0, 0.05) is 32.0 Å². The molecule has 0 unspecified atom stereocenters. The second-order valence-electron chi connectivity index (χ2n) is 9.44. The third kappa shape index (κ3) is 5.51. The number of carbonyl (C=O) groups is 1. The number of likely N-dealkylation sites (tertiary alicyclic amines) is 1. The first-order valence-electron chi connectivity index (χ1n) is 12.0. The summed E-state index contributed by atoms with van der Waals surface area (Å²) >= 11 is 0. The van der Waals surface area contributed by atoms with Gasteiger partial charge in [0.1, 0.15) is 12.4 Å². The first-order valence-corrected chi connectivity index (χ1v) is 12.0. The van der Waals surface area contributed by atoms with Gasteiger partial charge in [-0.25, -0.2) is 0 Å². The summed E-state index contributed by atoms with van der Waals surface area (Å²) in [6.45, 7) is 9.59. The first kappa shape index (κ1) is 22.8. The summed E-state index contributed by atoms with van der Waals surface area (Å²) in [6.07, 6.45) is 4.00. The van der Waals surface area contributed by atoms with Gasteiger partial charge >= 0.3 is 0 Å². The number of hydrogen-bond acceptors (Lipinski definition) is 4. The SMILES string of the molecule is Cc1ccc(C2(C(=O)Nc3ccc(OCCN4CCC[C@H](C)C4)cc3)CCOCC2)cc1. The topological polar surface area (TPSA) is 50.8 Å². The predicted molar refractivity (Wildman–Crippen MR) is 128 cm³/mol. The van der Waals surface area contributed by atoms with E-state index in [0.29, 0.717) is 32.7 Å². The molecule has 0 aromatic heterocycles. The van der Waals surface area contributed by atoms with Gasteiger partial charge in [-0.05, 0) is 74.9 Å². The van der Waals surface area contributed by atoms with Crippen LogP contribution in [-0.2, 0) is 14.9 Å². The maximum absolute atomic E-state index is 13.4. The van der Waals surface area contributed by atoms with Crippen LogP contribution < -0.4 is 10.1 Å². The fourth-order valence-electron chi connectivity index (χ4n) is 4.91. The molecule has 2 fully saturated rings. The maximum atomic E-state index is 13.4. The van der Waals surface area contributed by atoms with Crippen LogP contribution in [0.15, 0.2) is 48.5 Å². The highest BCUT2D eigenvalue weighted by Crippen LogP contribution is 2.36. The fraction of sp³-hybridized carbons (Fsp3) is 0.519. The second-order valence-corrected chi connectivity index (χ2v) is 9.44. The normalized spacial score (nSPS) is 21.1. The lowest BCUT2D eigenvalue weighted by molar-refractivity contribution is -0.125. The molecule has 172 valence electrons. The van der Waals surface area contributed by atoms with Crippen LogP contribution >= 0.6 is 0 Å². The highest BCUT2D eigenvalue weighted by molar-refractivity contribution is 5.99. The van der Waals surface area contributed by atoms with Gasteiger partial charge in [-0.3, -0.25) is 9.69 Å². The Labute approximate surface area is 192 Å². The van der Waals surface area contributed by atoms with E-state index in [9.17, 15) is 4.79 Å². The molecule has 0 radical (unpaired) electrons. The van der Waals surface area contributed by atoms with Gasteiger partial charge in [0.05, 0.1) is 5.41 Å². The smallest absolute Gasteiger partial charge is 0.235 e. The average Bonchev–Trinajstić information content (AvgIpc) is 2.81. The number of hydrogen-bond donors (Lipinski definition) is 1. The Morgan fingerprint density at radius 1 is 1.12 bits per heavy atom. The van der Waals surface area contributed by atoms with Crippen molar-refractivity contribution in [1.82, 2.24) is 4.90 Å². The maximum Gasteiger partial charge on any atom is 0.235 e. The first-order chi connectivity index (χ1) is 15.5. The molecule has 2 aliphatic rings. The molecular weight excluding hydrogens is 400 g/mol. The van der Waals surface area contributed by atoms with Crippen molar-refractivity contribution >= 4 is 11.6 Å². The van der Waals surface area contributed by atoms with E-state index < -0.39 is 5.41 Å². The zero-order valence-electron chi connectivity index (χ0n) is 19.4. The summed E-state index contributed by atoms with van der Waals surface area (Å²) in [6, 6.07) is 16.1. The van der Waals surface area contributed by atoms with Gasteiger partial charge in [-0.1, -0.05) is 36.8 Å². The molecule has 1 amide bonds. The van der Waals surface area contributed by atoms with Gasteiger partial charge in [0.2, 0.25) is 5.91 Å². The Kier molecular flexibility index (Phi) is 7.48. The Bertz CT molecular complexity index is 873. The number of ether oxygens (including phenoxy) is 2. The number of carbonyl (C=O) groups excluding carboxylic acids is 1. The van der Waals surface area contributed by atoms with Crippen LogP contribution in [0.3, 0.4) is 0 Å². The molecule has 0 bridgehead atoms. The third-order valence-corrected chi connectivity index (χ3v) is 6.91. The molecule has 2 aromatic rings. The second kappa shape index (κ2) is 10.5. The third-order valence-electron chi connectivity index (χ3n) is 6.91. The molecule has 0 aliphatic carbocycles. The highest BCUT2D eigenvalue weighted by atomic mass is 16.5. The standard InChI is InChI=1S/C27H36N2O3/c1-21-5-7-23(8-6-21)27(13-17-31-18-14-27)26(30)28-24-9-11-25(12-10-24)32-19-16-29-15-3-4-22(2)20-29/h5-12,22H,3-4,13-20H2,1-2H3,(H,28,30)/t22-/m0/s1. The average molecular weight is 437 g/mol. The summed E-state index contributed by atoms with van der Waals surface area (Å²) in [4.78, 5) is 15.9. The van der Waals surface area contributed by atoms with E-state index >= 15 is 0 Å². The number of benzene rings is 2. The fourth-order valence-corrected chi connectivity index (χ4v) is 4.91. The van der Waals surface area contributed by atoms with E-state index in [1.165, 1.54) is 31.5 Å². The molecule has 2 aromatic carbocycles. The van der Waals surface area contributed by atoms with Crippen LogP contribution in [0.5, 0.6) is 5.75 Å². The van der Waals surface area contributed by atoms with Crippen molar-refractivity contribution in [1.29, 1.82) is 0 Å². The lowest BCUT2D eigenvalue weighted by atomic mass is 9.73. The van der Waals surface area contributed by atoms with Crippen molar-refractivity contribution in [2.75, 3.05) is 44.8 Å². The number of anilines is 1. The van der Waals surface area contributed by atoms with Crippen molar-refractivity contribution < 1.29 is 14.3 Å². The largest absolute Gasteiger partial charge is 0.492 e. The van der Waals surface area contributed by atoms with E-state index in [-0.39, 0.29) is 5.91 Å². The lowest BCUT2D eigenvalue weighted by Crippen LogP contribution is -2.44. The van der Waals surface area contributed by atoms with Gasteiger partial charge < -0.3 is 14.8 Å². The summed E-state index contributed by atoms with van der Waals surface area (Å²) in [5.74, 6) is 1.66. The molecule has 0 saturated carbocycles. The van der Waals surface area contributed by atoms with Gasteiger partial charge in [0.15, 0.2) is 0 Å². The molecule has 5 heteroatoms. The van der Waals surface area contributed by atoms with E-state index in [2.05, 4.69) is 48.3 Å². The van der Waals surface area contributed by atoms with Crippen LogP contribution in [0.4, 0.5) is 5.69 Å². The molecule has 2 aliphatic heterocycles. The Morgan fingerprint density at radius 2 is 1.84 bits per heavy atom. The molecule has 5 nitrogen and oxygen atoms in total. The van der Waals surface area contributed by atoms with Crippen molar-refractivity contribution in [3.05, 3.63) is 59.7 Å². The van der Waals surface area contributed by atoms with Crippen LogP contribution in [-0.4, -0.2) is 50.3 Å². The van der Waals surface area contributed by atoms with Gasteiger partial charge in [-0.15, -0.1) is 0 Å². The highest BCUT2D eigenvalue weighted by Gasteiger charge is 2.41. The predicted octanol–water partition coefficient (Wildman–Crippen LogP) is 4.79. The minimum atomic E-state index is -0.549.